The second kappa shape index (κ2) is 14.8. The van der Waals surface area contributed by atoms with E-state index in [1.165, 1.54) is 27.8 Å². The van der Waals surface area contributed by atoms with Crippen molar-refractivity contribution in [3.05, 3.63) is 229 Å². The summed E-state index contributed by atoms with van der Waals surface area (Å²) >= 11 is 0. The molecule has 0 saturated carbocycles. The van der Waals surface area contributed by atoms with E-state index in [0.29, 0.717) is 17.5 Å². The van der Waals surface area contributed by atoms with Crippen molar-refractivity contribution >= 4 is 21.9 Å². The van der Waals surface area contributed by atoms with Crippen LogP contribution in [0.3, 0.4) is 0 Å². The molecule has 1 aliphatic rings. The largest absolute Gasteiger partial charge is 0.456 e. The van der Waals surface area contributed by atoms with Crippen LogP contribution in [0.4, 0.5) is 0 Å². The molecule has 11 aromatic rings. The van der Waals surface area contributed by atoms with Crippen LogP contribution in [0.15, 0.2) is 217 Å². The molecule has 3 aromatic heterocycles. The third-order valence-electron chi connectivity index (χ3n) is 12.1. The Balaban J connectivity index is 1.16. The lowest BCUT2D eigenvalue weighted by Gasteiger charge is -2.17. The quantitative estimate of drug-likeness (QED) is 0.161. The van der Waals surface area contributed by atoms with Gasteiger partial charge < -0.3 is 4.42 Å². The highest BCUT2D eigenvalue weighted by molar-refractivity contribution is 6.17. The standard InChI is InChI=1S/C57H36N4O/c1-5-18-36(19-6-1)41-26-13-14-27-42(41)40-34-47(57-60-55(38-22-9-3-10-23-38)59-56(61-57)39-24-11-4-12-25-39)54(58-35-40)46-30-17-31-48-51(46)53-49(62-48)33-32-45-43-28-15-16-29-44(43)50(52(45)53)37-20-7-2-8-21-37/h1-35,50H. The van der Waals surface area contributed by atoms with Gasteiger partial charge in [-0.25, -0.2) is 15.0 Å². The topological polar surface area (TPSA) is 64.7 Å². The van der Waals surface area contributed by atoms with Gasteiger partial charge >= 0.3 is 0 Å². The molecule has 0 amide bonds. The van der Waals surface area contributed by atoms with Crippen LogP contribution in [0.5, 0.6) is 0 Å². The van der Waals surface area contributed by atoms with Gasteiger partial charge in [-0.3, -0.25) is 4.98 Å². The molecule has 3 heterocycles. The summed E-state index contributed by atoms with van der Waals surface area (Å²) in [6.07, 6.45) is 1.99. The Morgan fingerprint density at radius 2 is 0.887 bits per heavy atom. The Hall–Kier alpha value is -8.28. The van der Waals surface area contributed by atoms with Crippen molar-refractivity contribution in [2.45, 2.75) is 5.92 Å². The fourth-order valence-corrected chi connectivity index (χ4v) is 9.34. The van der Waals surface area contributed by atoms with E-state index < -0.39 is 0 Å². The third-order valence-corrected chi connectivity index (χ3v) is 12.1. The van der Waals surface area contributed by atoms with Crippen molar-refractivity contribution in [2.24, 2.45) is 0 Å². The van der Waals surface area contributed by atoms with Gasteiger partial charge in [0.1, 0.15) is 11.2 Å². The van der Waals surface area contributed by atoms with E-state index in [4.69, 9.17) is 24.4 Å². The Morgan fingerprint density at radius 1 is 0.355 bits per heavy atom. The molecule has 0 radical (unpaired) electrons. The van der Waals surface area contributed by atoms with E-state index in [2.05, 4.69) is 140 Å². The molecule has 5 nitrogen and oxygen atoms in total. The van der Waals surface area contributed by atoms with Crippen molar-refractivity contribution in [1.82, 2.24) is 19.9 Å². The first-order chi connectivity index (χ1) is 30.8. The minimum Gasteiger partial charge on any atom is -0.456 e. The number of hydrogen-bond donors (Lipinski definition) is 0. The summed E-state index contributed by atoms with van der Waals surface area (Å²) in [5, 5.41) is 2.11. The van der Waals surface area contributed by atoms with E-state index in [1.54, 1.807) is 0 Å². The highest BCUT2D eigenvalue weighted by Crippen LogP contribution is 2.53. The zero-order valence-corrected chi connectivity index (χ0v) is 33.5. The SMILES string of the molecule is c1ccc(-c2nc(-c3ccccc3)nc(-c3cc(-c4ccccc4-c4ccccc4)cnc3-c3cccc4oc5ccc6c(c5c34)C(c3ccccc3)c3ccccc3-6)n2)cc1. The lowest BCUT2D eigenvalue weighted by atomic mass is 9.86. The number of furan rings is 1. The van der Waals surface area contributed by atoms with Crippen LogP contribution in [0.1, 0.15) is 22.6 Å². The molecular weight excluding hydrogens is 757 g/mol. The van der Waals surface area contributed by atoms with Crippen LogP contribution in [0.2, 0.25) is 0 Å². The molecule has 1 aliphatic carbocycles. The average molecular weight is 793 g/mol. The van der Waals surface area contributed by atoms with Crippen molar-refractivity contribution in [3.63, 3.8) is 0 Å². The number of rotatable bonds is 7. The molecule has 290 valence electrons. The molecule has 12 rings (SSSR count). The maximum absolute atomic E-state index is 6.81. The lowest BCUT2D eigenvalue weighted by molar-refractivity contribution is 0.669. The van der Waals surface area contributed by atoms with Crippen molar-refractivity contribution < 1.29 is 4.42 Å². The predicted octanol–water partition coefficient (Wildman–Crippen LogP) is 14.3. The number of hydrogen-bond acceptors (Lipinski definition) is 5. The number of fused-ring (bicyclic) bond motifs is 7. The van der Waals surface area contributed by atoms with E-state index in [1.807, 2.05) is 72.9 Å². The summed E-state index contributed by atoms with van der Waals surface area (Å²) in [6, 6.07) is 71.7. The summed E-state index contributed by atoms with van der Waals surface area (Å²) in [4.78, 5) is 21.1. The molecule has 0 N–H and O–H groups in total. The van der Waals surface area contributed by atoms with Gasteiger partial charge in [-0.05, 0) is 62.7 Å². The van der Waals surface area contributed by atoms with Gasteiger partial charge in [-0.2, -0.15) is 0 Å². The fourth-order valence-electron chi connectivity index (χ4n) is 9.34. The van der Waals surface area contributed by atoms with Crippen LogP contribution in [-0.2, 0) is 0 Å². The van der Waals surface area contributed by atoms with Gasteiger partial charge in [-0.15, -0.1) is 0 Å². The smallest absolute Gasteiger partial charge is 0.166 e. The molecule has 62 heavy (non-hydrogen) atoms. The average Bonchev–Trinajstić information content (AvgIpc) is 3.91. The van der Waals surface area contributed by atoms with Gasteiger partial charge in [0.25, 0.3) is 0 Å². The molecule has 0 aliphatic heterocycles. The predicted molar refractivity (Wildman–Crippen MR) is 250 cm³/mol. The summed E-state index contributed by atoms with van der Waals surface area (Å²) in [5.74, 6) is 1.73. The highest BCUT2D eigenvalue weighted by Gasteiger charge is 2.34. The number of benzene rings is 8. The first kappa shape index (κ1) is 35.6. The third kappa shape index (κ3) is 5.94. The van der Waals surface area contributed by atoms with Crippen LogP contribution in [0, 0.1) is 0 Å². The molecule has 5 heteroatoms. The molecule has 0 spiro atoms. The van der Waals surface area contributed by atoms with Crippen LogP contribution >= 0.6 is 0 Å². The Labute approximate surface area is 358 Å². The van der Waals surface area contributed by atoms with Gasteiger partial charge in [0.2, 0.25) is 0 Å². The molecule has 0 fully saturated rings. The molecule has 1 atom stereocenters. The van der Waals surface area contributed by atoms with Gasteiger partial charge in [0.05, 0.1) is 5.69 Å². The first-order valence-corrected chi connectivity index (χ1v) is 20.9. The summed E-state index contributed by atoms with van der Waals surface area (Å²) in [7, 11) is 0. The van der Waals surface area contributed by atoms with E-state index in [9.17, 15) is 0 Å². The lowest BCUT2D eigenvalue weighted by Crippen LogP contribution is -2.02. The Bertz CT molecular complexity index is 3400. The van der Waals surface area contributed by atoms with Crippen molar-refractivity contribution in [3.8, 4) is 78.8 Å². The molecule has 0 saturated heterocycles. The zero-order chi connectivity index (χ0) is 41.0. The van der Waals surface area contributed by atoms with Gasteiger partial charge in [0.15, 0.2) is 17.5 Å². The fraction of sp³-hybridized carbons (Fsp3) is 0.0175. The number of pyridine rings is 1. The van der Waals surface area contributed by atoms with Gasteiger partial charge in [-0.1, -0.05) is 188 Å². The second-order valence-corrected chi connectivity index (χ2v) is 15.7. The minimum absolute atomic E-state index is 0.0228. The maximum atomic E-state index is 6.81. The number of aromatic nitrogens is 4. The Morgan fingerprint density at radius 3 is 1.56 bits per heavy atom. The summed E-state index contributed by atoms with van der Waals surface area (Å²) < 4.78 is 6.81. The van der Waals surface area contributed by atoms with Crippen molar-refractivity contribution in [2.75, 3.05) is 0 Å². The van der Waals surface area contributed by atoms with E-state index >= 15 is 0 Å². The van der Waals surface area contributed by atoms with Crippen molar-refractivity contribution in [1.29, 1.82) is 0 Å². The minimum atomic E-state index is 0.0228. The number of nitrogens with zero attached hydrogens (tertiary/aromatic N) is 4. The highest BCUT2D eigenvalue weighted by atomic mass is 16.3. The van der Waals surface area contributed by atoms with Crippen LogP contribution in [0.25, 0.3) is 101 Å². The van der Waals surface area contributed by atoms with Gasteiger partial charge in [0, 0.05) is 50.7 Å². The van der Waals surface area contributed by atoms with Crippen LogP contribution < -0.4 is 0 Å². The zero-order valence-electron chi connectivity index (χ0n) is 33.5. The van der Waals surface area contributed by atoms with Crippen LogP contribution in [-0.4, -0.2) is 19.9 Å². The summed E-state index contributed by atoms with van der Waals surface area (Å²) in [6.45, 7) is 0. The molecule has 0 bridgehead atoms. The second-order valence-electron chi connectivity index (χ2n) is 15.7. The first-order valence-electron chi connectivity index (χ1n) is 20.9. The summed E-state index contributed by atoms with van der Waals surface area (Å²) in [5.41, 5.74) is 16.4. The normalized spacial score (nSPS) is 13.0. The Kier molecular flexibility index (Phi) is 8.49. The van der Waals surface area contributed by atoms with E-state index in [-0.39, 0.29) is 5.92 Å². The molecule has 1 unspecified atom stereocenters. The molecular formula is C57H36N4O. The van der Waals surface area contributed by atoms with E-state index in [0.717, 1.165) is 72.1 Å². The molecule has 8 aromatic carbocycles. The monoisotopic (exact) mass is 792 g/mol. The maximum Gasteiger partial charge on any atom is 0.166 e.